The van der Waals surface area contributed by atoms with Gasteiger partial charge in [0.1, 0.15) is 17.5 Å². The molecule has 0 heterocycles. The molecule has 0 atom stereocenters. The average Bonchev–Trinajstić information content (AvgIpc) is 2.67. The summed E-state index contributed by atoms with van der Waals surface area (Å²) in [4.78, 5) is -0.222. The normalized spacial score (nSPS) is 13.3. The van der Waals surface area contributed by atoms with Crippen molar-refractivity contribution in [1.82, 2.24) is 0 Å². The van der Waals surface area contributed by atoms with Crippen molar-refractivity contribution in [2.75, 3.05) is 0 Å². The maximum Gasteiger partial charge on any atom is 0.572 e. The van der Waals surface area contributed by atoms with Crippen molar-refractivity contribution in [1.29, 1.82) is 0 Å². The van der Waals surface area contributed by atoms with Gasteiger partial charge in [0.2, 0.25) is 0 Å². The molecule has 3 aromatic rings. The first kappa shape index (κ1) is 22.2. The minimum atomic E-state index is -6.05. The number of hydrogen-bond acceptors (Lipinski definition) is 2. The van der Waals surface area contributed by atoms with Gasteiger partial charge in [-0.1, -0.05) is 0 Å². The summed E-state index contributed by atoms with van der Waals surface area (Å²) in [7, 11) is -9.66. The van der Waals surface area contributed by atoms with E-state index in [1.165, 1.54) is 0 Å². The molecule has 160 valence electrons. The monoisotopic (exact) mass is 467 g/mol. The minimum Gasteiger partial charge on any atom is -0.255 e. The topological polar surface area (TPSA) is 46.9 Å². The van der Waals surface area contributed by atoms with E-state index in [9.17, 15) is 34.8 Å². The zero-order valence-corrected chi connectivity index (χ0v) is 16.4. The predicted molar refractivity (Wildman–Crippen MR) is 99.2 cm³/mol. The Morgan fingerprint density at radius 3 is 1.07 bits per heavy atom. The van der Waals surface area contributed by atoms with Crippen LogP contribution in [0.5, 0.6) is 0 Å². The van der Waals surface area contributed by atoms with Gasteiger partial charge in [0, 0.05) is 0 Å². The highest BCUT2D eigenvalue weighted by atomic mass is 32.3. The van der Waals surface area contributed by atoms with Crippen LogP contribution in [0.3, 0.4) is 0 Å². The molecule has 0 unspecified atom stereocenters. The molecule has 11 heteroatoms. The van der Waals surface area contributed by atoms with Crippen LogP contribution < -0.4 is 0 Å². The zero-order valence-electron chi connectivity index (χ0n) is 14.8. The molecule has 30 heavy (non-hydrogen) atoms. The third kappa shape index (κ3) is 4.18. The molecule has 0 saturated carbocycles. The van der Waals surface area contributed by atoms with Gasteiger partial charge in [0.05, 0.1) is 25.0 Å². The highest BCUT2D eigenvalue weighted by molar-refractivity contribution is 8.32. The Kier molecular flexibility index (Phi) is 5.89. The van der Waals surface area contributed by atoms with Crippen molar-refractivity contribution < 1.29 is 38.4 Å². The fraction of sp³-hybridized carbons (Fsp3) is 0.0526. The van der Waals surface area contributed by atoms with E-state index in [0.29, 0.717) is 0 Å². The van der Waals surface area contributed by atoms with Gasteiger partial charge >= 0.3 is 15.6 Å². The van der Waals surface area contributed by atoms with Gasteiger partial charge in [-0.25, -0.2) is 13.2 Å². The summed E-state index contributed by atoms with van der Waals surface area (Å²) in [6, 6.07) is 12.1. The Labute approximate surface area is 169 Å². The third-order valence-corrected chi connectivity index (χ3v) is 9.09. The first-order chi connectivity index (χ1) is 14.0. The second-order valence-corrected chi connectivity index (χ2v) is 10.5. The van der Waals surface area contributed by atoms with E-state index < -0.39 is 43.4 Å². The van der Waals surface area contributed by atoms with Crippen LogP contribution in [0, 0.1) is 17.5 Å². The van der Waals surface area contributed by atoms with Gasteiger partial charge in [-0.05, 0) is 72.8 Å². The molecule has 0 aliphatic carbocycles. The number of hydrogen-bond donors (Lipinski definition) is 0. The molecule has 0 aliphatic heterocycles. The van der Waals surface area contributed by atoms with E-state index in [1.807, 2.05) is 0 Å². The summed E-state index contributed by atoms with van der Waals surface area (Å²) < 4.78 is 108. The molecule has 0 amide bonds. The van der Waals surface area contributed by atoms with E-state index >= 15 is 0 Å². The predicted octanol–water partition coefficient (Wildman–Crippen LogP) is 6.24. The van der Waals surface area contributed by atoms with Crippen molar-refractivity contribution in [2.24, 2.45) is 0 Å². The molecule has 3 nitrogen and oxygen atoms in total. The Bertz CT molecular complexity index is 1020. The summed E-state index contributed by atoms with van der Waals surface area (Å²) in [5.74, 6) is -2.16. The molecule has 0 aliphatic rings. The van der Waals surface area contributed by atoms with E-state index in [0.717, 1.165) is 72.8 Å². The lowest BCUT2D eigenvalue weighted by molar-refractivity contribution is -0.0540. The molecule has 3 rings (SSSR count). The minimum absolute atomic E-state index is 0.0741. The zero-order chi connectivity index (χ0) is 22.2. The van der Waals surface area contributed by atoms with E-state index in [1.54, 1.807) is 0 Å². The Hall–Kier alpha value is -2.50. The second kappa shape index (κ2) is 7.97. The van der Waals surface area contributed by atoms with Crippen LogP contribution in [0.4, 0.5) is 26.3 Å². The summed E-state index contributed by atoms with van der Waals surface area (Å²) in [6.45, 7) is 0. The summed E-state index contributed by atoms with van der Waals surface area (Å²) in [6.07, 6.45) is 0. The highest BCUT2D eigenvalue weighted by Crippen LogP contribution is 2.68. The van der Waals surface area contributed by atoms with Crippen LogP contribution in [0.15, 0.2) is 87.5 Å². The molecule has 1 N–H and O–H groups in total. The summed E-state index contributed by atoms with van der Waals surface area (Å²) >= 11 is 0. The van der Waals surface area contributed by atoms with Crippen LogP contribution in [0.1, 0.15) is 0 Å². The maximum atomic E-state index is 13.5. The van der Waals surface area contributed by atoms with Gasteiger partial charge in [0.25, 0.3) is 0 Å². The molecule has 0 spiro atoms. The molecule has 0 fully saturated rings. The molecule has 0 aromatic heterocycles. The van der Waals surface area contributed by atoms with Crippen molar-refractivity contribution in [3.05, 3.63) is 90.2 Å². The lowest BCUT2D eigenvalue weighted by Gasteiger charge is -2.34. The van der Waals surface area contributed by atoms with Crippen molar-refractivity contribution in [3.63, 3.8) is 0 Å². The Morgan fingerprint density at radius 1 is 0.567 bits per heavy atom. The maximum absolute atomic E-state index is 13.5. The highest BCUT2D eigenvalue weighted by Gasteiger charge is 2.57. The summed E-state index contributed by atoms with van der Waals surface area (Å²) in [5, 5.41) is 0. The molecule has 0 saturated heterocycles. The molecular formula is C19H13F6O3S2+. The van der Waals surface area contributed by atoms with Crippen LogP contribution in [-0.2, 0) is 10.1 Å². The van der Waals surface area contributed by atoms with Gasteiger partial charge in [-0.2, -0.15) is 13.2 Å². The van der Waals surface area contributed by atoms with Crippen molar-refractivity contribution in [3.8, 4) is 0 Å². The quantitative estimate of drug-likeness (QED) is 0.193. The Balaban J connectivity index is 2.40. The third-order valence-electron chi connectivity index (χ3n) is 3.97. The number of alkyl halides is 3. The van der Waals surface area contributed by atoms with Gasteiger partial charge in [-0.15, -0.1) is 8.42 Å². The first-order valence-electron chi connectivity index (χ1n) is 8.11. The number of benzene rings is 3. The largest absolute Gasteiger partial charge is 0.572 e. The van der Waals surface area contributed by atoms with E-state index in [4.69, 9.17) is 0 Å². The smallest absolute Gasteiger partial charge is 0.255 e. The van der Waals surface area contributed by atoms with E-state index in [-0.39, 0.29) is 14.7 Å². The lowest BCUT2D eigenvalue weighted by atomic mass is 10.3. The standard InChI is InChI=1S/C19H12F6O3S2/c20-13-1-7-16(8-2-13)29(17-9-3-14(21)4-10-17,18-11-5-15(22)6-12-18)28-30(26,27)19(23,24)25/h1-12H/p+1. The SMILES string of the molecule is O=S(=O)([OH+]S(c1ccc(F)cc1)(c1ccc(F)cc1)c1ccc(F)cc1)C(F)(F)F. The molecule has 0 bridgehead atoms. The van der Waals surface area contributed by atoms with Gasteiger partial charge < -0.3 is 0 Å². The van der Waals surface area contributed by atoms with Gasteiger partial charge in [0.15, 0.2) is 0 Å². The van der Waals surface area contributed by atoms with Crippen LogP contribution >= 0.6 is 10.3 Å². The van der Waals surface area contributed by atoms with Crippen LogP contribution in [-0.4, -0.2) is 17.6 Å². The number of halogens is 6. The Morgan fingerprint density at radius 2 is 0.833 bits per heavy atom. The molecule has 0 radical (unpaired) electrons. The molecular weight excluding hydrogens is 454 g/mol. The number of rotatable bonds is 5. The first-order valence-corrected chi connectivity index (χ1v) is 11.1. The van der Waals surface area contributed by atoms with Gasteiger partial charge in [-0.3, -0.25) is 3.63 Å². The average molecular weight is 467 g/mol. The van der Waals surface area contributed by atoms with Crippen LogP contribution in [0.2, 0.25) is 0 Å². The fourth-order valence-electron chi connectivity index (χ4n) is 2.62. The van der Waals surface area contributed by atoms with Crippen molar-refractivity contribution >= 4 is 20.4 Å². The fourth-order valence-corrected chi connectivity index (χ4v) is 7.58. The van der Waals surface area contributed by atoms with Crippen molar-refractivity contribution in [2.45, 2.75) is 20.2 Å². The molecule has 3 aromatic carbocycles. The van der Waals surface area contributed by atoms with Crippen LogP contribution in [0.25, 0.3) is 0 Å². The van der Waals surface area contributed by atoms with E-state index in [2.05, 4.69) is 3.63 Å². The summed E-state index contributed by atoms with van der Waals surface area (Å²) in [5.41, 5.74) is -5.72. The lowest BCUT2D eigenvalue weighted by Crippen LogP contribution is -2.30. The second-order valence-electron chi connectivity index (χ2n) is 5.94.